The molecule has 2 atom stereocenters. The van der Waals surface area contributed by atoms with E-state index in [0.717, 1.165) is 18.8 Å². The van der Waals surface area contributed by atoms with Crippen molar-refractivity contribution in [3.63, 3.8) is 0 Å². The fraction of sp³-hybridized carbons (Fsp3) is 0.769. The van der Waals surface area contributed by atoms with E-state index in [1.54, 1.807) is 6.20 Å². The van der Waals surface area contributed by atoms with Crippen LogP contribution in [0.2, 0.25) is 0 Å². The van der Waals surface area contributed by atoms with Gasteiger partial charge >= 0.3 is 0 Å². The Hall–Kier alpha value is -0.870. The van der Waals surface area contributed by atoms with Gasteiger partial charge in [-0.1, -0.05) is 6.42 Å². The van der Waals surface area contributed by atoms with Crippen LogP contribution in [-0.2, 0) is 13.5 Å². The number of nitrogens with zero attached hydrogens (tertiary/aromatic N) is 2. The molecule has 0 bridgehead atoms. The summed E-state index contributed by atoms with van der Waals surface area (Å²) >= 11 is 0. The first kappa shape index (κ1) is 12.6. The van der Waals surface area contributed by atoms with Gasteiger partial charge in [-0.25, -0.2) is 4.98 Å². The monoisotopic (exact) mass is 237 g/mol. The highest BCUT2D eigenvalue weighted by Gasteiger charge is 2.27. The lowest BCUT2D eigenvalue weighted by atomic mass is 9.89. The maximum Gasteiger partial charge on any atom is 0.111 e. The van der Waals surface area contributed by atoms with Crippen LogP contribution < -0.4 is 5.32 Å². The Morgan fingerprint density at radius 3 is 3.00 bits per heavy atom. The Labute approximate surface area is 103 Å². The number of imidazole rings is 1. The van der Waals surface area contributed by atoms with Crippen molar-refractivity contribution < 1.29 is 5.11 Å². The number of nitrogens with one attached hydrogen (secondary N) is 1. The third-order valence-electron chi connectivity index (χ3n) is 3.56. The predicted molar refractivity (Wildman–Crippen MR) is 67.8 cm³/mol. The number of rotatable bonds is 4. The molecule has 2 heterocycles. The molecular weight excluding hydrogens is 214 g/mol. The first-order valence-electron chi connectivity index (χ1n) is 6.49. The summed E-state index contributed by atoms with van der Waals surface area (Å²) in [5.41, 5.74) is -0.673. The van der Waals surface area contributed by atoms with E-state index < -0.39 is 5.60 Å². The zero-order valence-electron chi connectivity index (χ0n) is 10.8. The van der Waals surface area contributed by atoms with Crippen LogP contribution >= 0.6 is 0 Å². The van der Waals surface area contributed by atoms with E-state index in [9.17, 15) is 5.11 Å². The van der Waals surface area contributed by atoms with Crippen LogP contribution in [0.1, 0.15) is 38.4 Å². The Balaban J connectivity index is 1.91. The first-order valence-corrected chi connectivity index (χ1v) is 6.49. The van der Waals surface area contributed by atoms with Gasteiger partial charge in [-0.05, 0) is 32.7 Å². The Bertz CT molecular complexity index is 353. The predicted octanol–water partition coefficient (Wildman–Crippen LogP) is 1.25. The van der Waals surface area contributed by atoms with Crippen molar-refractivity contribution in [3.8, 4) is 0 Å². The van der Waals surface area contributed by atoms with Crippen LogP contribution in [0.15, 0.2) is 12.4 Å². The lowest BCUT2D eigenvalue weighted by molar-refractivity contribution is 0.0347. The van der Waals surface area contributed by atoms with Gasteiger partial charge in [-0.2, -0.15) is 0 Å². The van der Waals surface area contributed by atoms with Gasteiger partial charge in [0.15, 0.2) is 0 Å². The van der Waals surface area contributed by atoms with E-state index in [1.807, 2.05) is 24.7 Å². The van der Waals surface area contributed by atoms with Crippen molar-refractivity contribution >= 4 is 0 Å². The topological polar surface area (TPSA) is 50.1 Å². The van der Waals surface area contributed by atoms with E-state index in [0.29, 0.717) is 12.5 Å². The summed E-state index contributed by atoms with van der Waals surface area (Å²) in [5, 5.41) is 14.0. The van der Waals surface area contributed by atoms with Crippen molar-refractivity contribution in [2.24, 2.45) is 7.05 Å². The van der Waals surface area contributed by atoms with Crippen molar-refractivity contribution in [3.05, 3.63) is 18.2 Å². The molecule has 0 saturated carbocycles. The highest BCUT2D eigenvalue weighted by Crippen LogP contribution is 2.21. The molecule has 1 aromatic rings. The number of aromatic nitrogens is 2. The molecule has 96 valence electrons. The summed E-state index contributed by atoms with van der Waals surface area (Å²) in [5.74, 6) is 0.950. The molecule has 2 rings (SSSR count). The highest BCUT2D eigenvalue weighted by molar-refractivity contribution is 4.98. The molecule has 0 aliphatic carbocycles. The summed E-state index contributed by atoms with van der Waals surface area (Å²) in [6.07, 6.45) is 8.84. The molecule has 1 saturated heterocycles. The van der Waals surface area contributed by atoms with Crippen molar-refractivity contribution in [2.75, 3.05) is 6.54 Å². The summed E-state index contributed by atoms with van der Waals surface area (Å²) in [7, 11) is 1.97. The highest BCUT2D eigenvalue weighted by atomic mass is 16.3. The average molecular weight is 237 g/mol. The van der Waals surface area contributed by atoms with E-state index in [4.69, 9.17) is 0 Å². The molecule has 1 aromatic heterocycles. The molecular formula is C13H23N3O. The molecule has 2 N–H and O–H groups in total. The smallest absolute Gasteiger partial charge is 0.111 e. The largest absolute Gasteiger partial charge is 0.390 e. The zero-order chi connectivity index (χ0) is 12.3. The number of aryl methyl sites for hydroxylation is 1. The van der Waals surface area contributed by atoms with Gasteiger partial charge in [0.1, 0.15) is 5.82 Å². The fourth-order valence-electron chi connectivity index (χ4n) is 2.61. The van der Waals surface area contributed by atoms with E-state index in [2.05, 4.69) is 10.3 Å². The Morgan fingerprint density at radius 1 is 1.59 bits per heavy atom. The quantitative estimate of drug-likeness (QED) is 0.828. The SMILES string of the molecule is Cn1ccnc1CC(C)(O)CC1CCCCN1. The Kier molecular flexibility index (Phi) is 3.84. The van der Waals surface area contributed by atoms with Gasteiger partial charge in [0.2, 0.25) is 0 Å². The van der Waals surface area contributed by atoms with E-state index in [-0.39, 0.29) is 0 Å². The van der Waals surface area contributed by atoms with Gasteiger partial charge in [-0.3, -0.25) is 0 Å². The van der Waals surface area contributed by atoms with Gasteiger partial charge < -0.3 is 15.0 Å². The van der Waals surface area contributed by atoms with Gasteiger partial charge in [0.25, 0.3) is 0 Å². The summed E-state index contributed by atoms with van der Waals surface area (Å²) in [6, 6.07) is 0.457. The molecule has 0 spiro atoms. The van der Waals surface area contributed by atoms with Crippen LogP contribution in [0.3, 0.4) is 0 Å². The van der Waals surface area contributed by atoms with Crippen molar-refractivity contribution in [1.29, 1.82) is 0 Å². The third-order valence-corrected chi connectivity index (χ3v) is 3.56. The van der Waals surface area contributed by atoms with E-state index in [1.165, 1.54) is 19.3 Å². The normalized spacial score (nSPS) is 24.5. The third kappa shape index (κ3) is 3.54. The summed E-state index contributed by atoms with van der Waals surface area (Å²) in [6.45, 7) is 3.00. The number of piperidine rings is 1. The second-order valence-corrected chi connectivity index (χ2v) is 5.48. The van der Waals surface area contributed by atoms with Crippen LogP contribution in [0.4, 0.5) is 0 Å². The molecule has 0 aromatic carbocycles. The molecule has 1 aliphatic heterocycles. The van der Waals surface area contributed by atoms with Crippen molar-refractivity contribution in [1.82, 2.24) is 14.9 Å². The summed E-state index contributed by atoms with van der Waals surface area (Å²) < 4.78 is 1.97. The average Bonchev–Trinajstić information content (AvgIpc) is 2.64. The van der Waals surface area contributed by atoms with Gasteiger partial charge in [0.05, 0.1) is 5.60 Å². The first-order chi connectivity index (χ1) is 8.07. The lowest BCUT2D eigenvalue weighted by Gasteiger charge is -2.31. The maximum atomic E-state index is 10.5. The molecule has 17 heavy (non-hydrogen) atoms. The van der Waals surface area contributed by atoms with Gasteiger partial charge in [-0.15, -0.1) is 0 Å². The molecule has 1 aliphatic rings. The molecule has 1 fully saturated rings. The zero-order valence-corrected chi connectivity index (χ0v) is 10.8. The second-order valence-electron chi connectivity index (χ2n) is 5.48. The van der Waals surface area contributed by atoms with Crippen LogP contribution in [-0.4, -0.2) is 32.8 Å². The molecule has 4 nitrogen and oxygen atoms in total. The fourth-order valence-corrected chi connectivity index (χ4v) is 2.61. The van der Waals surface area contributed by atoms with Crippen LogP contribution in [0.5, 0.6) is 0 Å². The number of hydrogen-bond acceptors (Lipinski definition) is 3. The minimum atomic E-state index is -0.673. The standard InChI is InChI=1S/C13H23N3O/c1-13(17,9-11-5-3-4-6-14-11)10-12-15-7-8-16(12)2/h7-8,11,14,17H,3-6,9-10H2,1-2H3. The summed E-state index contributed by atoms with van der Waals surface area (Å²) in [4.78, 5) is 4.28. The molecule has 0 radical (unpaired) electrons. The lowest BCUT2D eigenvalue weighted by Crippen LogP contribution is -2.42. The molecule has 4 heteroatoms. The minimum Gasteiger partial charge on any atom is -0.390 e. The van der Waals surface area contributed by atoms with E-state index >= 15 is 0 Å². The van der Waals surface area contributed by atoms with Crippen LogP contribution in [0.25, 0.3) is 0 Å². The van der Waals surface area contributed by atoms with Crippen LogP contribution in [0, 0.1) is 0 Å². The maximum absolute atomic E-state index is 10.5. The molecule has 0 amide bonds. The molecule has 2 unspecified atom stereocenters. The second kappa shape index (κ2) is 5.19. The van der Waals surface area contributed by atoms with Gasteiger partial charge in [0, 0.05) is 31.9 Å². The number of hydrogen-bond donors (Lipinski definition) is 2. The minimum absolute atomic E-state index is 0.457. The van der Waals surface area contributed by atoms with Crippen molar-refractivity contribution in [2.45, 2.75) is 50.7 Å². The Morgan fingerprint density at radius 2 is 2.41 bits per heavy atom. The number of aliphatic hydroxyl groups is 1.